The third-order valence-electron chi connectivity index (χ3n) is 2.85. The molecule has 0 spiro atoms. The van der Waals surface area contributed by atoms with Crippen LogP contribution < -0.4 is 5.32 Å². The highest BCUT2D eigenvalue weighted by atomic mass is 16.5. The summed E-state index contributed by atoms with van der Waals surface area (Å²) < 4.78 is 5.04. The summed E-state index contributed by atoms with van der Waals surface area (Å²) in [6, 6.07) is 13.5. The third kappa shape index (κ3) is 4.07. The summed E-state index contributed by atoms with van der Waals surface area (Å²) in [6.07, 6.45) is -0.699. The molecule has 2 aromatic carbocycles. The van der Waals surface area contributed by atoms with E-state index in [0.29, 0.717) is 5.56 Å². The molecule has 0 aliphatic rings. The van der Waals surface area contributed by atoms with Gasteiger partial charge in [-0.1, -0.05) is 30.3 Å². The zero-order valence-electron chi connectivity index (χ0n) is 11.5. The number of amides is 1. The first kappa shape index (κ1) is 14.6. The highest BCUT2D eigenvalue weighted by Gasteiger charge is 2.10. The number of carbonyl (C=O) groups is 2. The fourth-order valence-electron chi connectivity index (χ4n) is 1.72. The summed E-state index contributed by atoms with van der Waals surface area (Å²) in [7, 11) is 0. The summed E-state index contributed by atoms with van der Waals surface area (Å²) >= 11 is 0. The van der Waals surface area contributed by atoms with E-state index in [0.717, 1.165) is 5.56 Å². The SMILES string of the molecule is CC(=O)c1ccc(O)c(NC(=O)OCc2ccccc2)c1. The molecule has 21 heavy (non-hydrogen) atoms. The normalized spacial score (nSPS) is 9.95. The minimum absolute atomic E-state index is 0.125. The van der Waals surface area contributed by atoms with Gasteiger partial charge >= 0.3 is 6.09 Å². The van der Waals surface area contributed by atoms with Crippen LogP contribution in [-0.2, 0) is 11.3 Å². The van der Waals surface area contributed by atoms with Crippen molar-refractivity contribution in [3.63, 3.8) is 0 Å². The van der Waals surface area contributed by atoms with Gasteiger partial charge in [-0.15, -0.1) is 0 Å². The molecular weight excluding hydrogens is 270 g/mol. The van der Waals surface area contributed by atoms with Crippen LogP contribution in [0, 0.1) is 0 Å². The molecule has 0 aliphatic heterocycles. The molecular formula is C16H15NO4. The van der Waals surface area contributed by atoms with Crippen LogP contribution in [0.3, 0.4) is 0 Å². The smallest absolute Gasteiger partial charge is 0.412 e. The maximum absolute atomic E-state index is 11.7. The topological polar surface area (TPSA) is 75.6 Å². The number of aromatic hydroxyl groups is 1. The van der Waals surface area contributed by atoms with E-state index in [9.17, 15) is 14.7 Å². The first-order valence-corrected chi connectivity index (χ1v) is 6.38. The van der Waals surface area contributed by atoms with Gasteiger partial charge in [0.15, 0.2) is 5.78 Å². The summed E-state index contributed by atoms with van der Waals surface area (Å²) in [5.41, 5.74) is 1.39. The number of carbonyl (C=O) groups excluding carboxylic acids is 2. The van der Waals surface area contributed by atoms with Crippen LogP contribution in [-0.4, -0.2) is 17.0 Å². The van der Waals surface area contributed by atoms with Gasteiger partial charge in [-0.25, -0.2) is 4.79 Å². The van der Waals surface area contributed by atoms with E-state index in [-0.39, 0.29) is 23.8 Å². The monoisotopic (exact) mass is 285 g/mol. The lowest BCUT2D eigenvalue weighted by molar-refractivity contribution is 0.101. The first-order valence-electron chi connectivity index (χ1n) is 6.38. The molecule has 1 amide bonds. The minimum Gasteiger partial charge on any atom is -0.506 e. The Morgan fingerprint density at radius 2 is 1.86 bits per heavy atom. The molecule has 0 bridgehead atoms. The Labute approximate surface area is 122 Å². The second-order valence-electron chi connectivity index (χ2n) is 4.47. The number of benzene rings is 2. The number of ketones is 1. The van der Waals surface area contributed by atoms with Crippen molar-refractivity contribution >= 4 is 17.6 Å². The second kappa shape index (κ2) is 6.56. The molecule has 0 aliphatic carbocycles. The van der Waals surface area contributed by atoms with E-state index >= 15 is 0 Å². The van der Waals surface area contributed by atoms with Gasteiger partial charge < -0.3 is 9.84 Å². The number of Topliss-reactive ketones (excluding diaryl/α,β-unsaturated/α-hetero) is 1. The first-order chi connectivity index (χ1) is 10.1. The van der Waals surface area contributed by atoms with Gasteiger partial charge in [0.1, 0.15) is 12.4 Å². The van der Waals surface area contributed by atoms with E-state index in [2.05, 4.69) is 5.32 Å². The number of anilines is 1. The maximum Gasteiger partial charge on any atom is 0.412 e. The molecule has 0 saturated heterocycles. The molecule has 108 valence electrons. The minimum atomic E-state index is -0.699. The lowest BCUT2D eigenvalue weighted by Gasteiger charge is -2.09. The Morgan fingerprint density at radius 1 is 1.14 bits per heavy atom. The lowest BCUT2D eigenvalue weighted by atomic mass is 10.1. The van der Waals surface area contributed by atoms with Crippen molar-refractivity contribution < 1.29 is 19.4 Å². The van der Waals surface area contributed by atoms with Gasteiger partial charge in [0.25, 0.3) is 0 Å². The van der Waals surface area contributed by atoms with E-state index in [4.69, 9.17) is 4.74 Å². The van der Waals surface area contributed by atoms with E-state index < -0.39 is 6.09 Å². The number of phenols is 1. The van der Waals surface area contributed by atoms with Crippen molar-refractivity contribution in [1.82, 2.24) is 0 Å². The average Bonchev–Trinajstić information content (AvgIpc) is 2.48. The largest absolute Gasteiger partial charge is 0.506 e. The van der Waals surface area contributed by atoms with Gasteiger partial charge in [0, 0.05) is 5.56 Å². The molecule has 0 heterocycles. The fraction of sp³-hybridized carbons (Fsp3) is 0.125. The van der Waals surface area contributed by atoms with Crippen molar-refractivity contribution in [3.05, 3.63) is 59.7 Å². The van der Waals surface area contributed by atoms with Gasteiger partial charge in [0.05, 0.1) is 5.69 Å². The van der Waals surface area contributed by atoms with Crippen LogP contribution in [0.2, 0.25) is 0 Å². The zero-order valence-corrected chi connectivity index (χ0v) is 11.5. The van der Waals surface area contributed by atoms with Crippen molar-refractivity contribution in [2.75, 3.05) is 5.32 Å². The average molecular weight is 285 g/mol. The number of phenolic OH excluding ortho intramolecular Hbond substituents is 1. The number of rotatable bonds is 4. The van der Waals surface area contributed by atoms with Crippen LogP contribution in [0.15, 0.2) is 48.5 Å². The number of hydrogen-bond donors (Lipinski definition) is 2. The van der Waals surface area contributed by atoms with Gasteiger partial charge in [0.2, 0.25) is 0 Å². The molecule has 2 rings (SSSR count). The lowest BCUT2D eigenvalue weighted by Crippen LogP contribution is -2.14. The molecule has 5 heteroatoms. The quantitative estimate of drug-likeness (QED) is 0.667. The van der Waals surface area contributed by atoms with Crippen molar-refractivity contribution in [3.8, 4) is 5.75 Å². The van der Waals surface area contributed by atoms with Crippen molar-refractivity contribution in [1.29, 1.82) is 0 Å². The predicted molar refractivity (Wildman–Crippen MR) is 78.4 cm³/mol. The number of hydrogen-bond acceptors (Lipinski definition) is 4. The second-order valence-corrected chi connectivity index (χ2v) is 4.47. The fourth-order valence-corrected chi connectivity index (χ4v) is 1.72. The van der Waals surface area contributed by atoms with Gasteiger partial charge in [-0.2, -0.15) is 0 Å². The third-order valence-corrected chi connectivity index (χ3v) is 2.85. The highest BCUT2D eigenvalue weighted by Crippen LogP contribution is 2.24. The van der Waals surface area contributed by atoms with Crippen LogP contribution in [0.4, 0.5) is 10.5 Å². The molecule has 2 N–H and O–H groups in total. The van der Waals surface area contributed by atoms with Crippen LogP contribution in [0.5, 0.6) is 5.75 Å². The Balaban J connectivity index is 1.99. The van der Waals surface area contributed by atoms with Crippen molar-refractivity contribution in [2.45, 2.75) is 13.5 Å². The van der Waals surface area contributed by atoms with Gasteiger partial charge in [-0.05, 0) is 30.7 Å². The Morgan fingerprint density at radius 3 is 2.52 bits per heavy atom. The maximum atomic E-state index is 11.7. The molecule has 0 radical (unpaired) electrons. The molecule has 0 unspecified atom stereocenters. The standard InChI is InChI=1S/C16H15NO4/c1-11(18)13-7-8-15(19)14(9-13)17-16(20)21-10-12-5-3-2-4-6-12/h2-9,19H,10H2,1H3,(H,17,20). The molecule has 0 atom stereocenters. The summed E-state index contributed by atoms with van der Waals surface area (Å²) in [6.45, 7) is 1.53. The van der Waals surface area contributed by atoms with Crippen molar-refractivity contribution in [2.24, 2.45) is 0 Å². The Hall–Kier alpha value is -2.82. The number of nitrogens with one attached hydrogen (secondary N) is 1. The van der Waals surface area contributed by atoms with Crippen LogP contribution in [0.25, 0.3) is 0 Å². The Kier molecular flexibility index (Phi) is 4.56. The summed E-state index contributed by atoms with van der Waals surface area (Å²) in [4.78, 5) is 23.0. The van der Waals surface area contributed by atoms with Crippen LogP contribution >= 0.6 is 0 Å². The zero-order chi connectivity index (χ0) is 15.2. The summed E-state index contributed by atoms with van der Waals surface area (Å²) in [5.74, 6) is -0.285. The highest BCUT2D eigenvalue weighted by molar-refractivity contribution is 5.97. The van der Waals surface area contributed by atoms with E-state index in [1.54, 1.807) is 0 Å². The van der Waals surface area contributed by atoms with E-state index in [1.807, 2.05) is 30.3 Å². The van der Waals surface area contributed by atoms with Gasteiger partial charge in [-0.3, -0.25) is 10.1 Å². The molecule has 0 saturated carbocycles. The predicted octanol–water partition coefficient (Wildman–Crippen LogP) is 3.34. The molecule has 5 nitrogen and oxygen atoms in total. The van der Waals surface area contributed by atoms with E-state index in [1.165, 1.54) is 25.1 Å². The van der Waals surface area contributed by atoms with Crippen LogP contribution in [0.1, 0.15) is 22.8 Å². The molecule has 0 fully saturated rings. The Bertz CT molecular complexity index is 653. The number of ether oxygens (including phenoxy) is 1. The summed E-state index contributed by atoms with van der Waals surface area (Å²) in [5, 5.41) is 12.1. The molecule has 2 aromatic rings. The molecule has 0 aromatic heterocycles.